The van der Waals surface area contributed by atoms with Gasteiger partial charge in [0.25, 0.3) is 0 Å². The van der Waals surface area contributed by atoms with Crippen LogP contribution >= 0.6 is 0 Å². The van der Waals surface area contributed by atoms with Gasteiger partial charge in [-0.25, -0.2) is 19.2 Å². The highest BCUT2D eigenvalue weighted by Gasteiger charge is 2.29. The van der Waals surface area contributed by atoms with E-state index >= 15 is 0 Å². The van der Waals surface area contributed by atoms with Crippen molar-refractivity contribution in [2.24, 2.45) is 0 Å². The molecule has 0 aromatic heterocycles. The number of urea groups is 1. The standard InChI is InChI=1S/C22H32N2O8/c1-21(2,3)31-12-16(19(27)32-22(4,5)6)24-20(28)23-15-10-13(17(25)29-7)9-14(11-15)18(26)30-8/h9-11,16H,12H2,1-8H3,(H2,23,24,28). The van der Waals surface area contributed by atoms with Gasteiger partial charge in [0.2, 0.25) is 0 Å². The van der Waals surface area contributed by atoms with E-state index in [1.807, 2.05) is 20.8 Å². The molecule has 0 bridgehead atoms. The first kappa shape index (κ1) is 26.9. The van der Waals surface area contributed by atoms with E-state index in [1.165, 1.54) is 32.4 Å². The van der Waals surface area contributed by atoms with Gasteiger partial charge in [-0.1, -0.05) is 0 Å². The third-order valence-corrected chi connectivity index (χ3v) is 3.71. The number of nitrogens with one attached hydrogen (secondary N) is 2. The van der Waals surface area contributed by atoms with E-state index in [4.69, 9.17) is 9.47 Å². The van der Waals surface area contributed by atoms with E-state index in [0.717, 1.165) is 0 Å². The van der Waals surface area contributed by atoms with Crippen LogP contribution in [0.3, 0.4) is 0 Å². The second-order valence-corrected chi connectivity index (χ2v) is 8.89. The Hall–Kier alpha value is -3.14. The van der Waals surface area contributed by atoms with Crippen molar-refractivity contribution in [1.29, 1.82) is 0 Å². The van der Waals surface area contributed by atoms with E-state index in [1.54, 1.807) is 20.8 Å². The summed E-state index contributed by atoms with van der Waals surface area (Å²) in [4.78, 5) is 49.0. The van der Waals surface area contributed by atoms with Gasteiger partial charge in [-0.15, -0.1) is 0 Å². The van der Waals surface area contributed by atoms with Crippen LogP contribution in [0.25, 0.3) is 0 Å². The maximum atomic E-state index is 12.6. The molecule has 10 nitrogen and oxygen atoms in total. The van der Waals surface area contributed by atoms with Crippen molar-refractivity contribution in [2.45, 2.75) is 58.8 Å². The van der Waals surface area contributed by atoms with Crippen LogP contribution in [-0.4, -0.2) is 62.0 Å². The summed E-state index contributed by atoms with van der Waals surface area (Å²) in [6.07, 6.45) is 0. The van der Waals surface area contributed by atoms with Gasteiger partial charge in [-0.3, -0.25) is 0 Å². The Morgan fingerprint density at radius 1 is 0.844 bits per heavy atom. The van der Waals surface area contributed by atoms with Crippen LogP contribution in [0.1, 0.15) is 62.3 Å². The summed E-state index contributed by atoms with van der Waals surface area (Å²) in [7, 11) is 2.38. The van der Waals surface area contributed by atoms with Crippen molar-refractivity contribution in [3.63, 3.8) is 0 Å². The van der Waals surface area contributed by atoms with Gasteiger partial charge in [0.05, 0.1) is 37.6 Å². The quantitative estimate of drug-likeness (QED) is 0.477. The topological polar surface area (TPSA) is 129 Å². The minimum atomic E-state index is -1.10. The number of amides is 2. The first-order valence-corrected chi connectivity index (χ1v) is 9.91. The summed E-state index contributed by atoms with van der Waals surface area (Å²) in [5, 5.41) is 5.00. The molecule has 1 unspecified atom stereocenters. The highest BCUT2D eigenvalue weighted by atomic mass is 16.6. The normalized spacial score (nSPS) is 12.4. The monoisotopic (exact) mass is 452 g/mol. The molecule has 32 heavy (non-hydrogen) atoms. The fourth-order valence-corrected chi connectivity index (χ4v) is 2.37. The molecule has 1 rings (SSSR count). The Morgan fingerprint density at radius 2 is 1.34 bits per heavy atom. The summed E-state index contributed by atoms with van der Waals surface area (Å²) in [5.41, 5.74) is -1.14. The zero-order chi connectivity index (χ0) is 24.7. The highest BCUT2D eigenvalue weighted by Crippen LogP contribution is 2.17. The molecule has 1 aromatic carbocycles. The minimum Gasteiger partial charge on any atom is -0.465 e. The van der Waals surface area contributed by atoms with E-state index in [0.29, 0.717) is 0 Å². The van der Waals surface area contributed by atoms with Crippen LogP contribution < -0.4 is 10.6 Å². The number of hydrogen-bond acceptors (Lipinski definition) is 8. The Balaban J connectivity index is 3.08. The van der Waals surface area contributed by atoms with Crippen molar-refractivity contribution in [2.75, 3.05) is 26.1 Å². The number of rotatable bonds is 7. The molecule has 2 amide bonds. The third-order valence-electron chi connectivity index (χ3n) is 3.71. The predicted molar refractivity (Wildman–Crippen MR) is 117 cm³/mol. The largest absolute Gasteiger partial charge is 0.465 e. The van der Waals surface area contributed by atoms with Crippen LogP contribution in [0.2, 0.25) is 0 Å². The Labute approximate surface area is 187 Å². The molecule has 0 saturated heterocycles. The molecule has 0 fully saturated rings. The van der Waals surface area contributed by atoms with Crippen LogP contribution in [-0.2, 0) is 23.7 Å². The fraction of sp³-hybridized carbons (Fsp3) is 0.545. The van der Waals surface area contributed by atoms with Crippen molar-refractivity contribution in [3.8, 4) is 0 Å². The van der Waals surface area contributed by atoms with Gasteiger partial charge in [0.1, 0.15) is 5.60 Å². The number of anilines is 1. The number of esters is 3. The summed E-state index contributed by atoms with van der Waals surface area (Å²) >= 11 is 0. The number of benzene rings is 1. The van der Waals surface area contributed by atoms with Crippen molar-refractivity contribution in [1.82, 2.24) is 5.32 Å². The summed E-state index contributed by atoms with van der Waals surface area (Å²) in [6, 6.07) is 2.06. The Kier molecular flexibility index (Phi) is 9.20. The molecule has 10 heteroatoms. The predicted octanol–water partition coefficient (Wildman–Crippen LogP) is 2.91. The van der Waals surface area contributed by atoms with E-state index in [9.17, 15) is 19.2 Å². The second-order valence-electron chi connectivity index (χ2n) is 8.89. The van der Waals surface area contributed by atoms with E-state index in [2.05, 4.69) is 20.1 Å². The number of carbonyl (C=O) groups is 4. The second kappa shape index (κ2) is 10.9. The smallest absolute Gasteiger partial charge is 0.337 e. The zero-order valence-corrected chi connectivity index (χ0v) is 19.8. The lowest BCUT2D eigenvalue weighted by Crippen LogP contribution is -2.49. The van der Waals surface area contributed by atoms with Crippen LogP contribution in [0, 0.1) is 0 Å². The first-order chi connectivity index (χ1) is 14.6. The van der Waals surface area contributed by atoms with Gasteiger partial charge in [0, 0.05) is 5.69 Å². The third kappa shape index (κ3) is 9.34. The fourth-order valence-electron chi connectivity index (χ4n) is 2.37. The molecular weight excluding hydrogens is 420 g/mol. The summed E-state index contributed by atoms with van der Waals surface area (Å²) in [6.45, 7) is 10.4. The Bertz CT molecular complexity index is 818. The maximum Gasteiger partial charge on any atom is 0.337 e. The molecule has 0 spiro atoms. The average Bonchev–Trinajstić information content (AvgIpc) is 2.67. The molecule has 0 aliphatic rings. The molecule has 0 saturated carbocycles. The van der Waals surface area contributed by atoms with Gasteiger partial charge < -0.3 is 29.6 Å². The number of methoxy groups -OCH3 is 2. The number of ether oxygens (including phenoxy) is 4. The van der Waals surface area contributed by atoms with Crippen LogP contribution in [0.4, 0.5) is 10.5 Å². The SMILES string of the molecule is COC(=O)c1cc(NC(=O)NC(COC(C)(C)C)C(=O)OC(C)(C)C)cc(C(=O)OC)c1. The number of hydrogen-bond donors (Lipinski definition) is 2. The van der Waals surface area contributed by atoms with Crippen molar-refractivity contribution < 1.29 is 38.1 Å². The van der Waals surface area contributed by atoms with Gasteiger partial charge in [-0.05, 0) is 59.7 Å². The molecular formula is C22H32N2O8. The molecule has 0 heterocycles. The van der Waals surface area contributed by atoms with Gasteiger partial charge in [-0.2, -0.15) is 0 Å². The van der Waals surface area contributed by atoms with E-state index < -0.39 is 41.2 Å². The van der Waals surface area contributed by atoms with Crippen LogP contribution in [0.15, 0.2) is 18.2 Å². The highest BCUT2D eigenvalue weighted by molar-refractivity contribution is 5.99. The maximum absolute atomic E-state index is 12.6. The lowest BCUT2D eigenvalue weighted by atomic mass is 10.1. The zero-order valence-electron chi connectivity index (χ0n) is 19.8. The molecule has 1 atom stereocenters. The lowest BCUT2D eigenvalue weighted by molar-refractivity contribution is -0.160. The van der Waals surface area contributed by atoms with Crippen LogP contribution in [0.5, 0.6) is 0 Å². The molecule has 0 aliphatic heterocycles. The number of carbonyl (C=O) groups excluding carboxylic acids is 4. The first-order valence-electron chi connectivity index (χ1n) is 9.91. The van der Waals surface area contributed by atoms with E-state index in [-0.39, 0.29) is 23.4 Å². The molecule has 178 valence electrons. The molecule has 0 aliphatic carbocycles. The van der Waals surface area contributed by atoms with Gasteiger partial charge >= 0.3 is 23.9 Å². The lowest BCUT2D eigenvalue weighted by Gasteiger charge is -2.27. The molecule has 2 N–H and O–H groups in total. The van der Waals surface area contributed by atoms with Gasteiger partial charge in [0.15, 0.2) is 6.04 Å². The van der Waals surface area contributed by atoms with Crippen molar-refractivity contribution >= 4 is 29.6 Å². The Morgan fingerprint density at radius 3 is 1.75 bits per heavy atom. The summed E-state index contributed by atoms with van der Waals surface area (Å²) in [5.74, 6) is -2.08. The van der Waals surface area contributed by atoms with Crippen molar-refractivity contribution in [3.05, 3.63) is 29.3 Å². The summed E-state index contributed by atoms with van der Waals surface area (Å²) < 4.78 is 20.4. The molecule has 1 aromatic rings. The average molecular weight is 453 g/mol. The molecule has 0 radical (unpaired) electrons. The minimum absolute atomic E-state index is 0.0328.